The lowest BCUT2D eigenvalue weighted by Gasteiger charge is -2.22. The normalized spacial score (nSPS) is 10.2. The van der Waals surface area contributed by atoms with E-state index in [4.69, 9.17) is 5.26 Å². The van der Waals surface area contributed by atoms with Crippen LogP contribution in [0.1, 0.15) is 35.3 Å². The number of hydrogen-bond donors (Lipinski definition) is 2. The Morgan fingerprint density at radius 2 is 1.80 bits per heavy atom. The number of nitrogens with one attached hydrogen (secondary N) is 2. The summed E-state index contributed by atoms with van der Waals surface area (Å²) in [6.07, 6.45) is 1.59. The van der Waals surface area contributed by atoms with Crippen molar-refractivity contribution in [3.8, 4) is 6.07 Å². The molecule has 0 unspecified atom stereocenters. The van der Waals surface area contributed by atoms with Gasteiger partial charge in [-0.1, -0.05) is 0 Å². The molecule has 0 spiro atoms. The molecular weight excluding hydrogens is 374 g/mol. The predicted octanol–water partition coefficient (Wildman–Crippen LogP) is 5.10. The molecule has 2 N–H and O–H groups in total. The minimum Gasteiger partial charge on any atom is -0.372 e. The van der Waals surface area contributed by atoms with Crippen LogP contribution in [0.2, 0.25) is 0 Å². The third-order valence-electron chi connectivity index (χ3n) is 4.90. The van der Waals surface area contributed by atoms with Gasteiger partial charge in [0.25, 0.3) is 5.91 Å². The van der Waals surface area contributed by atoms with Gasteiger partial charge in [-0.15, -0.1) is 0 Å². The van der Waals surface area contributed by atoms with Crippen LogP contribution in [0.3, 0.4) is 0 Å². The molecule has 0 radical (unpaired) electrons. The standard InChI is InChI=1S/C24H25N5O/c1-4-29(5-2)21-10-11-22(17(3)14-21)28-24(30)19-12-13-26-23(15-19)27-20-8-6-18(16-25)7-9-20/h6-15H,4-5H2,1-3H3,(H,26,27)(H,28,30). The number of rotatable bonds is 7. The van der Waals surface area contributed by atoms with Gasteiger partial charge in [0, 0.05) is 41.9 Å². The zero-order valence-corrected chi connectivity index (χ0v) is 17.4. The van der Waals surface area contributed by atoms with Crippen molar-refractivity contribution in [2.75, 3.05) is 28.6 Å². The number of aryl methyl sites for hydroxylation is 1. The molecule has 0 aliphatic rings. The second-order valence-corrected chi connectivity index (χ2v) is 6.87. The molecule has 3 aromatic rings. The maximum absolute atomic E-state index is 12.8. The summed E-state index contributed by atoms with van der Waals surface area (Å²) in [5, 5.41) is 15.0. The molecule has 1 heterocycles. The van der Waals surface area contributed by atoms with E-state index in [1.165, 1.54) is 0 Å². The minimum atomic E-state index is -0.195. The molecule has 0 aliphatic carbocycles. The Bertz CT molecular complexity index is 1070. The average molecular weight is 399 g/mol. The molecule has 1 amide bonds. The van der Waals surface area contributed by atoms with Crippen molar-refractivity contribution in [1.82, 2.24) is 4.98 Å². The molecule has 0 atom stereocenters. The highest BCUT2D eigenvalue weighted by molar-refractivity contribution is 6.05. The molecule has 30 heavy (non-hydrogen) atoms. The quantitative estimate of drug-likeness (QED) is 0.577. The summed E-state index contributed by atoms with van der Waals surface area (Å²) in [6.45, 7) is 8.12. The molecule has 1 aromatic heterocycles. The number of anilines is 4. The Kier molecular flexibility index (Phi) is 6.66. The number of carbonyl (C=O) groups is 1. The Morgan fingerprint density at radius 1 is 1.07 bits per heavy atom. The van der Waals surface area contributed by atoms with Gasteiger partial charge in [-0.2, -0.15) is 5.26 Å². The van der Waals surface area contributed by atoms with Crippen molar-refractivity contribution in [3.05, 3.63) is 77.5 Å². The molecular formula is C24H25N5O. The minimum absolute atomic E-state index is 0.195. The fraction of sp³-hybridized carbons (Fsp3) is 0.208. The van der Waals surface area contributed by atoms with E-state index in [-0.39, 0.29) is 5.91 Å². The highest BCUT2D eigenvalue weighted by Gasteiger charge is 2.11. The van der Waals surface area contributed by atoms with E-state index in [1.807, 2.05) is 19.1 Å². The maximum atomic E-state index is 12.8. The molecule has 0 saturated carbocycles. The van der Waals surface area contributed by atoms with Crippen LogP contribution in [0, 0.1) is 18.3 Å². The molecule has 6 heteroatoms. The Labute approximate surface area is 177 Å². The number of amides is 1. The van der Waals surface area contributed by atoms with E-state index in [2.05, 4.69) is 46.5 Å². The molecule has 0 aliphatic heterocycles. The summed E-state index contributed by atoms with van der Waals surface area (Å²) in [4.78, 5) is 19.3. The van der Waals surface area contributed by atoms with E-state index in [1.54, 1.807) is 42.6 Å². The molecule has 2 aromatic carbocycles. The Morgan fingerprint density at radius 3 is 2.43 bits per heavy atom. The maximum Gasteiger partial charge on any atom is 0.255 e. The molecule has 0 fully saturated rings. The van der Waals surface area contributed by atoms with E-state index in [0.717, 1.165) is 35.7 Å². The third kappa shape index (κ3) is 4.95. The Balaban J connectivity index is 1.73. The number of aromatic nitrogens is 1. The van der Waals surface area contributed by atoms with Crippen LogP contribution in [-0.2, 0) is 0 Å². The molecule has 0 saturated heterocycles. The van der Waals surface area contributed by atoms with Gasteiger partial charge in [-0.25, -0.2) is 4.98 Å². The van der Waals surface area contributed by atoms with E-state index >= 15 is 0 Å². The fourth-order valence-electron chi connectivity index (χ4n) is 3.18. The van der Waals surface area contributed by atoms with E-state index < -0.39 is 0 Å². The lowest BCUT2D eigenvalue weighted by Crippen LogP contribution is -2.22. The monoisotopic (exact) mass is 399 g/mol. The van der Waals surface area contributed by atoms with Gasteiger partial charge in [-0.05, 0) is 80.9 Å². The zero-order chi connectivity index (χ0) is 21.5. The number of hydrogen-bond acceptors (Lipinski definition) is 5. The highest BCUT2D eigenvalue weighted by Crippen LogP contribution is 2.23. The van der Waals surface area contributed by atoms with Gasteiger partial charge in [0.1, 0.15) is 5.82 Å². The van der Waals surface area contributed by atoms with Crippen LogP contribution in [0.5, 0.6) is 0 Å². The molecule has 152 valence electrons. The van der Waals surface area contributed by atoms with Crippen LogP contribution in [0.15, 0.2) is 60.8 Å². The van der Waals surface area contributed by atoms with Crippen LogP contribution >= 0.6 is 0 Å². The predicted molar refractivity (Wildman–Crippen MR) is 121 cm³/mol. The lowest BCUT2D eigenvalue weighted by atomic mass is 10.1. The lowest BCUT2D eigenvalue weighted by molar-refractivity contribution is 0.102. The topological polar surface area (TPSA) is 81.1 Å². The van der Waals surface area contributed by atoms with Gasteiger partial charge in [0.2, 0.25) is 0 Å². The zero-order valence-electron chi connectivity index (χ0n) is 17.4. The number of pyridine rings is 1. The van der Waals surface area contributed by atoms with Gasteiger partial charge in [0.15, 0.2) is 0 Å². The first-order valence-electron chi connectivity index (χ1n) is 9.94. The largest absolute Gasteiger partial charge is 0.372 e. The number of nitrogens with zero attached hydrogens (tertiary/aromatic N) is 3. The fourth-order valence-corrected chi connectivity index (χ4v) is 3.18. The van der Waals surface area contributed by atoms with Crippen LogP contribution in [0.4, 0.5) is 22.9 Å². The van der Waals surface area contributed by atoms with E-state index in [0.29, 0.717) is 16.9 Å². The average Bonchev–Trinajstić information content (AvgIpc) is 2.77. The van der Waals surface area contributed by atoms with Crippen LogP contribution < -0.4 is 15.5 Å². The SMILES string of the molecule is CCN(CC)c1ccc(NC(=O)c2ccnc(Nc3ccc(C#N)cc3)c2)c(C)c1. The Hall–Kier alpha value is -3.85. The molecule has 3 rings (SSSR count). The first kappa shape index (κ1) is 20.9. The molecule has 6 nitrogen and oxygen atoms in total. The van der Waals surface area contributed by atoms with Gasteiger partial charge >= 0.3 is 0 Å². The van der Waals surface area contributed by atoms with Crippen LogP contribution in [0.25, 0.3) is 0 Å². The van der Waals surface area contributed by atoms with Crippen molar-refractivity contribution < 1.29 is 4.79 Å². The first-order chi connectivity index (χ1) is 14.5. The van der Waals surface area contributed by atoms with Crippen molar-refractivity contribution in [1.29, 1.82) is 5.26 Å². The van der Waals surface area contributed by atoms with Gasteiger partial charge in [-0.3, -0.25) is 4.79 Å². The van der Waals surface area contributed by atoms with Gasteiger partial charge < -0.3 is 15.5 Å². The van der Waals surface area contributed by atoms with Crippen molar-refractivity contribution in [2.45, 2.75) is 20.8 Å². The van der Waals surface area contributed by atoms with Gasteiger partial charge in [0.05, 0.1) is 11.6 Å². The van der Waals surface area contributed by atoms with Crippen molar-refractivity contribution in [2.24, 2.45) is 0 Å². The summed E-state index contributed by atoms with van der Waals surface area (Å²) in [5.74, 6) is 0.361. The second-order valence-electron chi connectivity index (χ2n) is 6.87. The summed E-state index contributed by atoms with van der Waals surface area (Å²) in [6, 6.07) is 18.6. The number of carbonyl (C=O) groups excluding carboxylic acids is 1. The summed E-state index contributed by atoms with van der Waals surface area (Å²) >= 11 is 0. The second kappa shape index (κ2) is 9.57. The van der Waals surface area contributed by atoms with E-state index in [9.17, 15) is 4.79 Å². The summed E-state index contributed by atoms with van der Waals surface area (Å²) < 4.78 is 0. The number of nitriles is 1. The number of benzene rings is 2. The van der Waals surface area contributed by atoms with Crippen LogP contribution in [-0.4, -0.2) is 24.0 Å². The molecule has 0 bridgehead atoms. The smallest absolute Gasteiger partial charge is 0.255 e. The van der Waals surface area contributed by atoms with Crippen molar-refractivity contribution in [3.63, 3.8) is 0 Å². The summed E-state index contributed by atoms with van der Waals surface area (Å²) in [5.41, 5.74) is 4.83. The van der Waals surface area contributed by atoms with Crippen molar-refractivity contribution >= 4 is 28.8 Å². The first-order valence-corrected chi connectivity index (χ1v) is 9.94. The summed E-state index contributed by atoms with van der Waals surface area (Å²) in [7, 11) is 0. The third-order valence-corrected chi connectivity index (χ3v) is 4.90. The highest BCUT2D eigenvalue weighted by atomic mass is 16.1.